The van der Waals surface area contributed by atoms with Crippen molar-refractivity contribution in [3.63, 3.8) is 0 Å². The zero-order valence-corrected chi connectivity index (χ0v) is 13.5. The van der Waals surface area contributed by atoms with Gasteiger partial charge in [-0.15, -0.1) is 23.1 Å². The Balaban J connectivity index is 1.81. The molecule has 2 aromatic heterocycles. The van der Waals surface area contributed by atoms with Crippen molar-refractivity contribution < 1.29 is 0 Å². The maximum Gasteiger partial charge on any atom is 0.130 e. The Morgan fingerprint density at radius 1 is 0.955 bits per heavy atom. The van der Waals surface area contributed by atoms with Crippen LogP contribution >= 0.6 is 23.1 Å². The van der Waals surface area contributed by atoms with Gasteiger partial charge < -0.3 is 0 Å². The number of hydrogen-bond acceptors (Lipinski definition) is 4. The van der Waals surface area contributed by atoms with Gasteiger partial charge in [0, 0.05) is 15.2 Å². The highest BCUT2D eigenvalue weighted by Crippen LogP contribution is 2.36. The van der Waals surface area contributed by atoms with Crippen LogP contribution in [0.3, 0.4) is 0 Å². The maximum atomic E-state index is 4.37. The quantitative estimate of drug-likeness (QED) is 0.535. The minimum Gasteiger partial charge on any atom is -0.197 e. The van der Waals surface area contributed by atoms with Crippen LogP contribution in [0.2, 0.25) is 0 Å². The molecule has 0 saturated carbocycles. The van der Waals surface area contributed by atoms with Crippen LogP contribution in [0.25, 0.3) is 31.9 Å². The Morgan fingerprint density at radius 3 is 2.50 bits per heavy atom. The molecule has 4 rings (SSSR count). The first-order valence-corrected chi connectivity index (χ1v) is 8.93. The summed E-state index contributed by atoms with van der Waals surface area (Å²) in [5.74, 6) is 0. The predicted octanol–water partition coefficient (Wildman–Crippen LogP) is 5.08. The molecule has 0 spiro atoms. The van der Waals surface area contributed by atoms with E-state index in [2.05, 4.69) is 76.3 Å². The third-order valence-corrected chi connectivity index (χ3v) is 5.44. The topological polar surface area (TPSA) is 41.6 Å². The molecule has 108 valence electrons. The largest absolute Gasteiger partial charge is 0.197 e. The molecule has 0 saturated heterocycles. The number of H-pyrrole nitrogens is 1. The van der Waals surface area contributed by atoms with Crippen LogP contribution in [-0.2, 0) is 0 Å². The van der Waals surface area contributed by atoms with E-state index in [1.54, 1.807) is 23.1 Å². The summed E-state index contributed by atoms with van der Waals surface area (Å²) in [5.41, 5.74) is 2.90. The molecule has 1 N–H and O–H groups in total. The average Bonchev–Trinajstić information content (AvgIpc) is 3.21. The summed E-state index contributed by atoms with van der Waals surface area (Å²) < 4.78 is 1.27. The molecule has 0 radical (unpaired) electrons. The van der Waals surface area contributed by atoms with Crippen molar-refractivity contribution in [2.45, 2.75) is 4.90 Å². The second-order valence-corrected chi connectivity index (χ2v) is 6.86. The van der Waals surface area contributed by atoms with E-state index in [4.69, 9.17) is 0 Å². The highest BCUT2D eigenvalue weighted by atomic mass is 32.2. The number of thiophene rings is 1. The summed E-state index contributed by atoms with van der Waals surface area (Å²) in [6, 6.07) is 19.0. The third kappa shape index (κ3) is 2.32. The number of benzene rings is 2. The van der Waals surface area contributed by atoms with Crippen molar-refractivity contribution in [1.29, 1.82) is 0 Å². The Morgan fingerprint density at radius 2 is 1.73 bits per heavy atom. The van der Waals surface area contributed by atoms with Gasteiger partial charge in [-0.05, 0) is 35.9 Å². The number of fused-ring (bicyclic) bond motifs is 1. The molecule has 2 heterocycles. The molecule has 4 aromatic rings. The van der Waals surface area contributed by atoms with Gasteiger partial charge >= 0.3 is 0 Å². The van der Waals surface area contributed by atoms with E-state index < -0.39 is 0 Å². The number of nitrogens with zero attached hydrogens (tertiary/aromatic N) is 2. The zero-order chi connectivity index (χ0) is 14.9. The fourth-order valence-electron chi connectivity index (χ4n) is 2.45. The van der Waals surface area contributed by atoms with Crippen LogP contribution in [0.15, 0.2) is 59.5 Å². The summed E-state index contributed by atoms with van der Waals surface area (Å²) in [6.07, 6.45) is 2.08. The molecule has 0 aliphatic rings. The predicted molar refractivity (Wildman–Crippen MR) is 94.4 cm³/mol. The van der Waals surface area contributed by atoms with Crippen molar-refractivity contribution in [3.05, 3.63) is 54.6 Å². The van der Waals surface area contributed by atoms with Crippen LogP contribution in [0.5, 0.6) is 0 Å². The van der Waals surface area contributed by atoms with E-state index in [0.29, 0.717) is 0 Å². The summed E-state index contributed by atoms with van der Waals surface area (Å²) in [7, 11) is 0. The second-order valence-electron chi connectivity index (χ2n) is 4.90. The summed E-state index contributed by atoms with van der Waals surface area (Å²) in [6.45, 7) is 0. The number of thioether (sulfide) groups is 1. The molecule has 5 heteroatoms. The number of aromatic nitrogens is 3. The van der Waals surface area contributed by atoms with Gasteiger partial charge in [-0.3, -0.25) is 0 Å². The molecular weight excluding hydrogens is 310 g/mol. The van der Waals surface area contributed by atoms with Gasteiger partial charge in [0.15, 0.2) is 0 Å². The van der Waals surface area contributed by atoms with Gasteiger partial charge in [0.25, 0.3) is 0 Å². The maximum absolute atomic E-state index is 4.37. The Bertz CT molecular complexity index is 889. The zero-order valence-electron chi connectivity index (χ0n) is 11.9. The number of aromatic amines is 1. The molecule has 0 aliphatic carbocycles. The van der Waals surface area contributed by atoms with Gasteiger partial charge in [-0.2, -0.15) is 15.4 Å². The van der Waals surface area contributed by atoms with Gasteiger partial charge in [0.2, 0.25) is 0 Å². The Kier molecular flexibility index (Phi) is 3.44. The van der Waals surface area contributed by atoms with E-state index in [1.807, 2.05) is 0 Å². The van der Waals surface area contributed by atoms with Crippen molar-refractivity contribution in [3.8, 4) is 21.8 Å². The minimum absolute atomic E-state index is 0.902. The van der Waals surface area contributed by atoms with Crippen molar-refractivity contribution in [2.75, 3.05) is 6.26 Å². The lowest BCUT2D eigenvalue weighted by Crippen LogP contribution is -1.82. The first-order valence-electron chi connectivity index (χ1n) is 6.89. The summed E-state index contributed by atoms with van der Waals surface area (Å²) >= 11 is 3.48. The molecule has 0 atom stereocenters. The first kappa shape index (κ1) is 13.5. The lowest BCUT2D eigenvalue weighted by Gasteiger charge is -2.00. The third-order valence-electron chi connectivity index (χ3n) is 3.57. The molecule has 0 aliphatic heterocycles. The van der Waals surface area contributed by atoms with E-state index in [9.17, 15) is 0 Å². The van der Waals surface area contributed by atoms with Crippen molar-refractivity contribution >= 4 is 33.2 Å². The van der Waals surface area contributed by atoms with Crippen LogP contribution in [0, 0.1) is 0 Å². The highest BCUT2D eigenvalue weighted by Gasteiger charge is 2.14. The molecule has 0 unspecified atom stereocenters. The monoisotopic (exact) mass is 323 g/mol. The molecule has 22 heavy (non-hydrogen) atoms. The fraction of sp³-hybridized carbons (Fsp3) is 0.0588. The van der Waals surface area contributed by atoms with Gasteiger partial charge in [-0.25, -0.2) is 0 Å². The Hall–Kier alpha value is -2.11. The lowest BCUT2D eigenvalue weighted by molar-refractivity contribution is 0.944. The van der Waals surface area contributed by atoms with Gasteiger partial charge in [0.05, 0.1) is 4.88 Å². The van der Waals surface area contributed by atoms with Crippen LogP contribution in [0.1, 0.15) is 0 Å². The van der Waals surface area contributed by atoms with Crippen LogP contribution in [0.4, 0.5) is 0 Å². The molecular formula is C17H13N3S2. The highest BCUT2D eigenvalue weighted by molar-refractivity contribution is 7.98. The molecule has 3 nitrogen and oxygen atoms in total. The lowest BCUT2D eigenvalue weighted by atomic mass is 10.1. The van der Waals surface area contributed by atoms with E-state index in [-0.39, 0.29) is 0 Å². The van der Waals surface area contributed by atoms with E-state index in [1.165, 1.54) is 15.0 Å². The standard InChI is InChI=1S/C17H13N3S2/c1-21-13-8-6-11(7-9-13)16-17(19-20-18-16)15-10-12-4-2-3-5-14(12)22-15/h2-10H,1H3,(H,18,19,20). The molecule has 2 aromatic carbocycles. The fourth-order valence-corrected chi connectivity index (χ4v) is 3.91. The van der Waals surface area contributed by atoms with Crippen LogP contribution in [-0.4, -0.2) is 21.7 Å². The molecule has 0 amide bonds. The molecule has 0 fully saturated rings. The normalized spacial score (nSPS) is 11.1. The number of rotatable bonds is 3. The molecule has 0 bridgehead atoms. The van der Waals surface area contributed by atoms with Crippen LogP contribution < -0.4 is 0 Å². The summed E-state index contributed by atoms with van der Waals surface area (Å²) in [4.78, 5) is 2.38. The second kappa shape index (κ2) is 5.59. The average molecular weight is 323 g/mol. The SMILES string of the molecule is CSc1ccc(-c2n[nH]nc2-c2cc3ccccc3s2)cc1. The Labute approximate surface area is 136 Å². The van der Waals surface area contributed by atoms with Crippen molar-refractivity contribution in [2.24, 2.45) is 0 Å². The van der Waals surface area contributed by atoms with Gasteiger partial charge in [-0.1, -0.05) is 30.3 Å². The van der Waals surface area contributed by atoms with E-state index in [0.717, 1.165) is 21.8 Å². The number of nitrogens with one attached hydrogen (secondary N) is 1. The van der Waals surface area contributed by atoms with Crippen molar-refractivity contribution in [1.82, 2.24) is 15.4 Å². The van der Waals surface area contributed by atoms with E-state index >= 15 is 0 Å². The van der Waals surface area contributed by atoms with Gasteiger partial charge in [0.1, 0.15) is 11.4 Å². The summed E-state index contributed by atoms with van der Waals surface area (Å²) in [5, 5.41) is 12.7. The number of hydrogen-bond donors (Lipinski definition) is 1. The first-order chi connectivity index (χ1) is 10.8. The minimum atomic E-state index is 0.902. The smallest absolute Gasteiger partial charge is 0.130 e.